The van der Waals surface area contributed by atoms with E-state index >= 15 is 0 Å². The Labute approximate surface area is 202 Å². The number of carbonyl (C=O) groups is 2. The predicted octanol–water partition coefficient (Wildman–Crippen LogP) is 6.24. The first-order chi connectivity index (χ1) is 16.6. The lowest BCUT2D eigenvalue weighted by atomic mass is 9.89. The summed E-state index contributed by atoms with van der Waals surface area (Å²) in [6, 6.07) is -2.73. The molecule has 0 aromatic carbocycles. The Bertz CT molecular complexity index is 800. The molecule has 1 aliphatic rings. The molecule has 0 spiro atoms. The van der Waals surface area contributed by atoms with Crippen LogP contribution in [-0.2, 0) is 9.59 Å². The Balaban J connectivity index is 3.12. The van der Waals surface area contributed by atoms with Gasteiger partial charge in [0.2, 0.25) is 5.91 Å². The molecule has 2 atom stereocenters. The molecule has 1 rings (SSSR count). The van der Waals surface area contributed by atoms with E-state index < -0.39 is 59.7 Å². The van der Waals surface area contributed by atoms with Crippen molar-refractivity contribution < 1.29 is 66.7 Å². The molecule has 0 heterocycles. The van der Waals surface area contributed by atoms with Crippen LogP contribution in [0.1, 0.15) is 64.7 Å². The number of carbonyl (C=O) groups excluding carboxylic acids is 2. The fraction of sp³-hybridized carbons (Fsp3) is 0.900. The zero-order chi connectivity index (χ0) is 29.1. The molecule has 0 aromatic rings. The summed E-state index contributed by atoms with van der Waals surface area (Å²) in [4.78, 5) is 23.9. The van der Waals surface area contributed by atoms with Gasteiger partial charge in [-0.25, -0.2) is 0 Å². The van der Waals surface area contributed by atoms with E-state index in [9.17, 15) is 66.7 Å². The second kappa shape index (κ2) is 11.4. The van der Waals surface area contributed by atoms with Gasteiger partial charge in [0.05, 0.1) is 0 Å². The van der Waals surface area contributed by atoms with Crippen LogP contribution in [0.4, 0.5) is 57.1 Å². The highest BCUT2D eigenvalue weighted by Gasteiger charge is 2.91. The molecule has 37 heavy (non-hydrogen) atoms. The summed E-state index contributed by atoms with van der Waals surface area (Å²) in [5, 5.41) is 3.57. The highest BCUT2D eigenvalue weighted by Crippen LogP contribution is 2.60. The SMILES string of the molecule is CCCCCCC(=O)N[C@@H]1CCCC[C@H]1NC(=O)C(F)(F)C(F)(F)C(F)(F)C(F)(F)C(F)(F)C(F)(F)F. The molecule has 4 nitrogen and oxygen atoms in total. The third-order valence-electron chi connectivity index (χ3n) is 5.90. The third kappa shape index (κ3) is 6.37. The van der Waals surface area contributed by atoms with Crippen molar-refractivity contribution in [3.8, 4) is 0 Å². The topological polar surface area (TPSA) is 58.2 Å². The highest BCUT2D eigenvalue weighted by molar-refractivity contribution is 5.85. The van der Waals surface area contributed by atoms with Crippen molar-refractivity contribution in [2.75, 3.05) is 0 Å². The summed E-state index contributed by atoms with van der Waals surface area (Å²) in [5.41, 5.74) is 0. The van der Waals surface area contributed by atoms with Crippen LogP contribution in [-0.4, -0.2) is 59.7 Å². The molecule has 218 valence electrons. The van der Waals surface area contributed by atoms with Crippen molar-refractivity contribution in [1.29, 1.82) is 0 Å². The Morgan fingerprint density at radius 2 is 1.11 bits per heavy atom. The van der Waals surface area contributed by atoms with Crippen LogP contribution in [0.2, 0.25) is 0 Å². The van der Waals surface area contributed by atoms with Gasteiger partial charge >= 0.3 is 35.8 Å². The zero-order valence-corrected chi connectivity index (χ0v) is 19.2. The molecule has 1 saturated carbocycles. The number of rotatable bonds is 12. The van der Waals surface area contributed by atoms with Crippen LogP contribution in [0.5, 0.6) is 0 Å². The van der Waals surface area contributed by atoms with Gasteiger partial charge < -0.3 is 10.6 Å². The highest BCUT2D eigenvalue weighted by atomic mass is 19.4. The van der Waals surface area contributed by atoms with E-state index in [-0.39, 0.29) is 25.7 Å². The van der Waals surface area contributed by atoms with Crippen LogP contribution in [0, 0.1) is 0 Å². The number of alkyl halides is 13. The number of unbranched alkanes of at least 4 members (excludes halogenated alkanes) is 3. The fourth-order valence-corrected chi connectivity index (χ4v) is 3.64. The molecule has 0 radical (unpaired) electrons. The Hall–Kier alpha value is -1.97. The van der Waals surface area contributed by atoms with Crippen molar-refractivity contribution in [3.63, 3.8) is 0 Å². The summed E-state index contributed by atoms with van der Waals surface area (Å²) < 4.78 is 172. The molecule has 2 N–H and O–H groups in total. The molecule has 1 aliphatic carbocycles. The number of nitrogens with one attached hydrogen (secondary N) is 2. The summed E-state index contributed by atoms with van der Waals surface area (Å²) in [6.45, 7) is 1.90. The third-order valence-corrected chi connectivity index (χ3v) is 5.90. The first kappa shape index (κ1) is 33.1. The van der Waals surface area contributed by atoms with Crippen molar-refractivity contribution in [3.05, 3.63) is 0 Å². The van der Waals surface area contributed by atoms with Gasteiger partial charge in [-0.1, -0.05) is 39.0 Å². The summed E-state index contributed by atoms with van der Waals surface area (Å²) in [7, 11) is 0. The fourth-order valence-electron chi connectivity index (χ4n) is 3.64. The van der Waals surface area contributed by atoms with E-state index in [1.54, 1.807) is 0 Å². The number of amides is 2. The Morgan fingerprint density at radius 1 is 0.649 bits per heavy atom. The maximum absolute atomic E-state index is 14.1. The number of hydrogen-bond acceptors (Lipinski definition) is 2. The summed E-state index contributed by atoms with van der Waals surface area (Å²) >= 11 is 0. The standard InChI is InChI=1S/C20H25F13N2O2/c1-2-3-4-5-10-13(36)34-11-8-6-7-9-12(11)35-14(37)15(21,22)16(23,24)17(25,26)18(27,28)19(29,30)20(31,32)33/h11-12H,2-10H2,1H3,(H,34,36)(H,35,37)/t11-,12-/m1/s1. The molecule has 2 amide bonds. The first-order valence-corrected chi connectivity index (χ1v) is 11.2. The maximum Gasteiger partial charge on any atom is 0.460 e. The average molecular weight is 572 g/mol. The lowest BCUT2D eigenvalue weighted by Crippen LogP contribution is -2.72. The van der Waals surface area contributed by atoms with E-state index in [0.29, 0.717) is 19.3 Å². The van der Waals surface area contributed by atoms with E-state index in [1.165, 1.54) is 5.32 Å². The minimum Gasteiger partial charge on any atom is -0.351 e. The van der Waals surface area contributed by atoms with Crippen LogP contribution in [0.15, 0.2) is 0 Å². The monoisotopic (exact) mass is 572 g/mol. The first-order valence-electron chi connectivity index (χ1n) is 11.2. The molecular weight excluding hydrogens is 547 g/mol. The van der Waals surface area contributed by atoms with E-state index in [2.05, 4.69) is 5.32 Å². The van der Waals surface area contributed by atoms with Crippen molar-refractivity contribution in [2.45, 2.75) is 113 Å². The minimum absolute atomic E-state index is 0.0135. The van der Waals surface area contributed by atoms with Gasteiger partial charge in [-0.05, 0) is 19.3 Å². The van der Waals surface area contributed by atoms with Crippen molar-refractivity contribution >= 4 is 11.8 Å². The Kier molecular flexibility index (Phi) is 10.2. The smallest absolute Gasteiger partial charge is 0.351 e. The molecule has 0 saturated heterocycles. The molecular formula is C20H25F13N2O2. The van der Waals surface area contributed by atoms with Gasteiger partial charge in [-0.2, -0.15) is 57.1 Å². The molecule has 0 aliphatic heterocycles. The van der Waals surface area contributed by atoms with Crippen LogP contribution >= 0.6 is 0 Å². The lowest BCUT2D eigenvalue weighted by molar-refractivity contribution is -0.436. The van der Waals surface area contributed by atoms with Crippen LogP contribution in [0.3, 0.4) is 0 Å². The van der Waals surface area contributed by atoms with Gasteiger partial charge in [0.1, 0.15) is 0 Å². The van der Waals surface area contributed by atoms with Gasteiger partial charge in [0.25, 0.3) is 5.91 Å². The normalized spacial score (nSPS) is 20.5. The molecule has 0 unspecified atom stereocenters. The number of halogens is 13. The van der Waals surface area contributed by atoms with Gasteiger partial charge in [-0.3, -0.25) is 9.59 Å². The van der Waals surface area contributed by atoms with Gasteiger partial charge in [-0.15, -0.1) is 0 Å². The van der Waals surface area contributed by atoms with Gasteiger partial charge in [0.15, 0.2) is 0 Å². The minimum atomic E-state index is -8.08. The summed E-state index contributed by atoms with van der Waals surface area (Å²) in [6.07, 6.45) is -4.53. The summed E-state index contributed by atoms with van der Waals surface area (Å²) in [5.74, 6) is -42.5. The molecule has 0 aromatic heterocycles. The van der Waals surface area contributed by atoms with Crippen LogP contribution < -0.4 is 10.6 Å². The quantitative estimate of drug-likeness (QED) is 0.215. The Morgan fingerprint density at radius 3 is 1.57 bits per heavy atom. The molecule has 17 heteroatoms. The maximum atomic E-state index is 14.1. The predicted molar refractivity (Wildman–Crippen MR) is 102 cm³/mol. The lowest BCUT2D eigenvalue weighted by Gasteiger charge is -2.40. The molecule has 0 bridgehead atoms. The van der Waals surface area contributed by atoms with E-state index in [0.717, 1.165) is 12.8 Å². The van der Waals surface area contributed by atoms with Crippen LogP contribution in [0.25, 0.3) is 0 Å². The second-order valence-electron chi connectivity index (χ2n) is 8.72. The largest absolute Gasteiger partial charge is 0.460 e. The van der Waals surface area contributed by atoms with E-state index in [4.69, 9.17) is 0 Å². The number of hydrogen-bond donors (Lipinski definition) is 2. The zero-order valence-electron chi connectivity index (χ0n) is 19.2. The average Bonchev–Trinajstić information content (AvgIpc) is 2.76. The van der Waals surface area contributed by atoms with Gasteiger partial charge in [0, 0.05) is 18.5 Å². The van der Waals surface area contributed by atoms with E-state index in [1.807, 2.05) is 6.92 Å². The van der Waals surface area contributed by atoms with Crippen molar-refractivity contribution in [1.82, 2.24) is 10.6 Å². The molecule has 1 fully saturated rings. The second-order valence-corrected chi connectivity index (χ2v) is 8.72. The van der Waals surface area contributed by atoms with Crippen molar-refractivity contribution in [2.24, 2.45) is 0 Å².